The number of nitriles is 1. The van der Waals surface area contributed by atoms with E-state index in [9.17, 15) is 5.26 Å². The van der Waals surface area contributed by atoms with Crippen LogP contribution in [0.2, 0.25) is 0 Å². The van der Waals surface area contributed by atoms with E-state index >= 15 is 0 Å². The highest BCUT2D eigenvalue weighted by Crippen LogP contribution is 2.22. The van der Waals surface area contributed by atoms with Gasteiger partial charge in [0.15, 0.2) is 0 Å². The second-order valence-electron chi connectivity index (χ2n) is 5.33. The Morgan fingerprint density at radius 3 is 3.05 bits per heavy atom. The number of nitrogens with one attached hydrogen (secondary N) is 1. The molecule has 2 aromatic rings. The monoisotopic (exact) mass is 266 g/mol. The normalized spacial score (nSPS) is 18.1. The summed E-state index contributed by atoms with van der Waals surface area (Å²) in [5.74, 6) is 0.869. The molecular weight excluding hydrogens is 248 g/mol. The van der Waals surface area contributed by atoms with Gasteiger partial charge in [-0.2, -0.15) is 5.26 Å². The molecule has 0 amide bonds. The predicted molar refractivity (Wildman–Crippen MR) is 80.8 cm³/mol. The first-order valence-corrected chi connectivity index (χ1v) is 7.02. The van der Waals surface area contributed by atoms with Crippen molar-refractivity contribution in [3.63, 3.8) is 0 Å². The lowest BCUT2D eigenvalue weighted by Crippen LogP contribution is -2.35. The van der Waals surface area contributed by atoms with Crippen molar-refractivity contribution in [2.45, 2.75) is 18.9 Å². The highest BCUT2D eigenvalue weighted by atomic mass is 15.2. The van der Waals surface area contributed by atoms with Crippen molar-refractivity contribution in [2.75, 3.05) is 25.0 Å². The van der Waals surface area contributed by atoms with Crippen LogP contribution in [0.5, 0.6) is 0 Å². The Bertz CT molecular complexity index is 653. The molecule has 1 saturated heterocycles. The van der Waals surface area contributed by atoms with Gasteiger partial charge in [-0.1, -0.05) is 18.2 Å². The van der Waals surface area contributed by atoms with Crippen LogP contribution in [-0.4, -0.2) is 31.2 Å². The molecule has 1 unspecified atom stereocenters. The van der Waals surface area contributed by atoms with Gasteiger partial charge in [-0.05, 0) is 31.5 Å². The summed E-state index contributed by atoms with van der Waals surface area (Å²) in [6.45, 7) is 2.03. The average molecular weight is 266 g/mol. The minimum Gasteiger partial charge on any atom is -0.358 e. The second kappa shape index (κ2) is 5.48. The summed E-state index contributed by atoms with van der Waals surface area (Å²) < 4.78 is 0. The number of likely N-dealkylation sites (N-methyl/N-ethyl adjacent to an activating group) is 1. The lowest BCUT2D eigenvalue weighted by molar-refractivity contribution is 0.597. The lowest BCUT2D eigenvalue weighted by atomic mass is 10.1. The van der Waals surface area contributed by atoms with Gasteiger partial charge in [-0.3, -0.25) is 0 Å². The number of anilines is 1. The van der Waals surface area contributed by atoms with Crippen molar-refractivity contribution in [3.8, 4) is 6.07 Å². The van der Waals surface area contributed by atoms with Crippen LogP contribution in [0.4, 0.5) is 5.82 Å². The molecule has 1 aliphatic heterocycles. The predicted octanol–water partition coefficient (Wildman–Crippen LogP) is 2.29. The third-order valence-electron chi connectivity index (χ3n) is 3.87. The van der Waals surface area contributed by atoms with E-state index in [2.05, 4.69) is 21.3 Å². The smallest absolute Gasteiger partial charge is 0.130 e. The van der Waals surface area contributed by atoms with Crippen LogP contribution in [0.15, 0.2) is 30.3 Å². The summed E-state index contributed by atoms with van der Waals surface area (Å²) in [6, 6.07) is 12.5. The molecule has 0 radical (unpaired) electrons. The van der Waals surface area contributed by atoms with Gasteiger partial charge in [0.25, 0.3) is 0 Å². The number of hydrogen-bond acceptors (Lipinski definition) is 4. The van der Waals surface area contributed by atoms with Crippen LogP contribution in [0.3, 0.4) is 0 Å². The standard InChI is InChI=1S/C16H18N4/c1-20(11-13-5-4-8-18-13)16-9-12(10-17)14-6-2-3-7-15(14)19-16/h2-3,6-7,9,13,18H,4-5,8,11H2,1H3. The number of nitrogens with zero attached hydrogens (tertiary/aromatic N) is 3. The van der Waals surface area contributed by atoms with E-state index in [1.54, 1.807) is 0 Å². The van der Waals surface area contributed by atoms with Crippen LogP contribution in [0.25, 0.3) is 10.9 Å². The Labute approximate surface area is 119 Å². The number of rotatable bonds is 3. The summed E-state index contributed by atoms with van der Waals surface area (Å²) in [5.41, 5.74) is 1.57. The topological polar surface area (TPSA) is 52.0 Å². The van der Waals surface area contributed by atoms with Gasteiger partial charge in [0.1, 0.15) is 5.82 Å². The van der Waals surface area contributed by atoms with E-state index in [0.29, 0.717) is 11.6 Å². The molecule has 4 nitrogen and oxygen atoms in total. The van der Waals surface area contributed by atoms with Crippen LogP contribution in [0.1, 0.15) is 18.4 Å². The maximum Gasteiger partial charge on any atom is 0.130 e. The Morgan fingerprint density at radius 2 is 2.30 bits per heavy atom. The van der Waals surface area contributed by atoms with Crippen molar-refractivity contribution in [3.05, 3.63) is 35.9 Å². The Hall–Kier alpha value is -2.12. The summed E-state index contributed by atoms with van der Waals surface area (Å²) in [6.07, 6.45) is 2.45. The number of aromatic nitrogens is 1. The SMILES string of the molecule is CN(CC1CCCN1)c1cc(C#N)c2ccccc2n1. The number of fused-ring (bicyclic) bond motifs is 1. The van der Waals surface area contributed by atoms with Gasteiger partial charge in [-0.15, -0.1) is 0 Å². The van der Waals surface area contributed by atoms with Gasteiger partial charge in [0.2, 0.25) is 0 Å². The third-order valence-corrected chi connectivity index (χ3v) is 3.87. The van der Waals surface area contributed by atoms with E-state index in [1.807, 2.05) is 37.4 Å². The summed E-state index contributed by atoms with van der Waals surface area (Å²) in [7, 11) is 2.04. The van der Waals surface area contributed by atoms with E-state index < -0.39 is 0 Å². The zero-order valence-electron chi connectivity index (χ0n) is 11.6. The van der Waals surface area contributed by atoms with E-state index in [1.165, 1.54) is 12.8 Å². The number of para-hydroxylation sites is 1. The van der Waals surface area contributed by atoms with Crippen molar-refractivity contribution < 1.29 is 0 Å². The molecule has 20 heavy (non-hydrogen) atoms. The Balaban J connectivity index is 1.92. The van der Waals surface area contributed by atoms with Crippen LogP contribution < -0.4 is 10.2 Å². The second-order valence-corrected chi connectivity index (χ2v) is 5.33. The fourth-order valence-electron chi connectivity index (χ4n) is 2.79. The van der Waals surface area contributed by atoms with E-state index in [-0.39, 0.29) is 0 Å². The highest BCUT2D eigenvalue weighted by molar-refractivity contribution is 5.86. The number of benzene rings is 1. The molecule has 4 heteroatoms. The van der Waals surface area contributed by atoms with Crippen molar-refractivity contribution in [2.24, 2.45) is 0 Å². The quantitative estimate of drug-likeness (QED) is 0.926. The van der Waals surface area contributed by atoms with Crippen molar-refractivity contribution in [1.29, 1.82) is 5.26 Å². The number of pyridine rings is 1. The van der Waals surface area contributed by atoms with Gasteiger partial charge in [-0.25, -0.2) is 4.98 Å². The molecule has 1 aliphatic rings. The summed E-state index contributed by atoms with van der Waals surface area (Å²) in [5, 5.41) is 13.7. The van der Waals surface area contributed by atoms with Crippen molar-refractivity contribution >= 4 is 16.7 Å². The zero-order chi connectivity index (χ0) is 13.9. The largest absolute Gasteiger partial charge is 0.358 e. The highest BCUT2D eigenvalue weighted by Gasteiger charge is 2.17. The molecule has 0 aliphatic carbocycles. The molecule has 1 aromatic heterocycles. The van der Waals surface area contributed by atoms with Gasteiger partial charge >= 0.3 is 0 Å². The van der Waals surface area contributed by atoms with Crippen LogP contribution in [-0.2, 0) is 0 Å². The minimum atomic E-state index is 0.527. The molecule has 0 spiro atoms. The molecular formula is C16H18N4. The van der Waals surface area contributed by atoms with E-state index in [4.69, 9.17) is 0 Å². The average Bonchev–Trinajstić information content (AvgIpc) is 2.99. The lowest BCUT2D eigenvalue weighted by Gasteiger charge is -2.22. The van der Waals surface area contributed by atoms with Crippen LogP contribution >= 0.6 is 0 Å². The van der Waals surface area contributed by atoms with E-state index in [0.717, 1.165) is 29.8 Å². The zero-order valence-corrected chi connectivity index (χ0v) is 11.6. The van der Waals surface area contributed by atoms with Gasteiger partial charge < -0.3 is 10.2 Å². The molecule has 1 aromatic carbocycles. The summed E-state index contributed by atoms with van der Waals surface area (Å²) >= 11 is 0. The Morgan fingerprint density at radius 1 is 1.45 bits per heavy atom. The third kappa shape index (κ3) is 2.45. The van der Waals surface area contributed by atoms with Crippen molar-refractivity contribution in [1.82, 2.24) is 10.3 Å². The number of hydrogen-bond donors (Lipinski definition) is 1. The maximum atomic E-state index is 9.32. The molecule has 1 atom stereocenters. The first kappa shape index (κ1) is 12.9. The molecule has 3 rings (SSSR count). The first-order chi connectivity index (χ1) is 9.78. The summed E-state index contributed by atoms with van der Waals surface area (Å²) in [4.78, 5) is 6.81. The maximum absolute atomic E-state index is 9.32. The molecule has 1 fully saturated rings. The van der Waals surface area contributed by atoms with Gasteiger partial charge in [0.05, 0.1) is 17.1 Å². The molecule has 0 bridgehead atoms. The molecule has 102 valence electrons. The van der Waals surface area contributed by atoms with Gasteiger partial charge in [0, 0.05) is 25.0 Å². The fraction of sp³-hybridized carbons (Fsp3) is 0.375. The fourth-order valence-corrected chi connectivity index (χ4v) is 2.79. The molecule has 2 heterocycles. The minimum absolute atomic E-state index is 0.527. The molecule has 1 N–H and O–H groups in total. The Kier molecular flexibility index (Phi) is 3.53. The first-order valence-electron chi connectivity index (χ1n) is 7.02. The van der Waals surface area contributed by atoms with Crippen LogP contribution in [0, 0.1) is 11.3 Å². The molecule has 0 saturated carbocycles.